The zero-order valence-electron chi connectivity index (χ0n) is 16.0. The number of hydrogen-bond acceptors (Lipinski definition) is 3. The summed E-state index contributed by atoms with van der Waals surface area (Å²) >= 11 is 3.43. The molecule has 1 fully saturated rings. The van der Waals surface area contributed by atoms with Crippen LogP contribution in [0.1, 0.15) is 41.6 Å². The van der Waals surface area contributed by atoms with Crippen LogP contribution < -0.4 is 10.1 Å². The molecule has 0 spiro atoms. The molecule has 148 valence electrons. The molecule has 0 saturated carbocycles. The van der Waals surface area contributed by atoms with Crippen LogP contribution in [0.5, 0.6) is 5.75 Å². The average molecular weight is 445 g/mol. The van der Waals surface area contributed by atoms with Crippen LogP contribution in [0, 0.1) is 6.92 Å². The molecule has 1 saturated heterocycles. The van der Waals surface area contributed by atoms with Crippen LogP contribution in [-0.2, 0) is 4.79 Å². The van der Waals surface area contributed by atoms with Crippen LogP contribution in [0.3, 0.4) is 0 Å². The van der Waals surface area contributed by atoms with Crippen LogP contribution in [-0.4, -0.2) is 36.4 Å². The first-order chi connectivity index (χ1) is 13.5. The van der Waals surface area contributed by atoms with E-state index in [1.54, 1.807) is 24.3 Å². The van der Waals surface area contributed by atoms with Crippen molar-refractivity contribution in [3.05, 3.63) is 58.1 Å². The highest BCUT2D eigenvalue weighted by Crippen LogP contribution is 2.25. The van der Waals surface area contributed by atoms with Gasteiger partial charge in [0, 0.05) is 24.3 Å². The van der Waals surface area contributed by atoms with Gasteiger partial charge in [-0.15, -0.1) is 0 Å². The van der Waals surface area contributed by atoms with E-state index in [-0.39, 0.29) is 18.4 Å². The number of nitrogens with one attached hydrogen (secondary N) is 1. The van der Waals surface area contributed by atoms with Gasteiger partial charge < -0.3 is 15.0 Å². The third-order valence-corrected chi connectivity index (χ3v) is 5.37. The zero-order chi connectivity index (χ0) is 19.9. The summed E-state index contributed by atoms with van der Waals surface area (Å²) in [5.74, 6) is 0.436. The summed E-state index contributed by atoms with van der Waals surface area (Å²) in [6.07, 6.45) is 4.51. The van der Waals surface area contributed by atoms with E-state index < -0.39 is 0 Å². The highest BCUT2D eigenvalue weighted by Gasteiger charge is 2.17. The Kier molecular flexibility index (Phi) is 7.09. The number of aryl methyl sites for hydroxylation is 1. The van der Waals surface area contributed by atoms with Crippen LogP contribution in [0.15, 0.2) is 46.9 Å². The number of amides is 2. The van der Waals surface area contributed by atoms with Crippen molar-refractivity contribution in [2.75, 3.05) is 25.0 Å². The number of carbonyl (C=O) groups is 2. The van der Waals surface area contributed by atoms with Gasteiger partial charge in [0.25, 0.3) is 11.8 Å². The summed E-state index contributed by atoms with van der Waals surface area (Å²) in [7, 11) is 0. The lowest BCUT2D eigenvalue weighted by molar-refractivity contribution is -0.118. The standard InChI is InChI=1S/C22H25BrN2O3/c1-16-6-11-20(19(23)14-16)28-15-21(26)24-18-9-7-17(8-10-18)22(27)25-12-4-2-3-5-13-25/h6-11,14H,2-5,12-13,15H2,1H3,(H,24,26). The predicted octanol–water partition coefficient (Wildman–Crippen LogP) is 4.79. The molecule has 5 nitrogen and oxygen atoms in total. The number of ether oxygens (including phenoxy) is 1. The predicted molar refractivity (Wildman–Crippen MR) is 114 cm³/mol. The minimum absolute atomic E-state index is 0.0623. The Morgan fingerprint density at radius 3 is 2.36 bits per heavy atom. The first kappa shape index (κ1) is 20.4. The molecular formula is C22H25BrN2O3. The van der Waals surface area contributed by atoms with Gasteiger partial charge in [0.05, 0.1) is 4.47 Å². The zero-order valence-corrected chi connectivity index (χ0v) is 17.6. The molecule has 0 atom stereocenters. The summed E-state index contributed by atoms with van der Waals surface area (Å²) in [5, 5.41) is 2.79. The fourth-order valence-electron chi connectivity index (χ4n) is 3.22. The van der Waals surface area contributed by atoms with Crippen molar-refractivity contribution in [2.24, 2.45) is 0 Å². The first-order valence-corrected chi connectivity index (χ1v) is 10.4. The number of hydrogen-bond donors (Lipinski definition) is 1. The van der Waals surface area contributed by atoms with Crippen molar-refractivity contribution in [2.45, 2.75) is 32.6 Å². The van der Waals surface area contributed by atoms with Crippen molar-refractivity contribution in [3.63, 3.8) is 0 Å². The van der Waals surface area contributed by atoms with Gasteiger partial charge in [-0.1, -0.05) is 18.9 Å². The molecule has 1 aliphatic heterocycles. The summed E-state index contributed by atoms with van der Waals surface area (Å²) in [5.41, 5.74) is 2.40. The number of likely N-dealkylation sites (tertiary alicyclic amines) is 1. The minimum Gasteiger partial charge on any atom is -0.483 e. The van der Waals surface area contributed by atoms with Crippen LogP contribution in [0.4, 0.5) is 5.69 Å². The maximum Gasteiger partial charge on any atom is 0.262 e. The van der Waals surface area contributed by atoms with Gasteiger partial charge >= 0.3 is 0 Å². The molecule has 0 aromatic heterocycles. The number of nitrogens with zero attached hydrogens (tertiary/aromatic N) is 1. The Bertz CT molecular complexity index is 828. The molecule has 6 heteroatoms. The van der Waals surface area contributed by atoms with Crippen molar-refractivity contribution in [1.29, 1.82) is 0 Å². The quantitative estimate of drug-likeness (QED) is 0.720. The Morgan fingerprint density at radius 2 is 1.71 bits per heavy atom. The average Bonchev–Trinajstić information content (AvgIpc) is 2.97. The molecule has 0 aliphatic carbocycles. The largest absolute Gasteiger partial charge is 0.483 e. The molecule has 3 rings (SSSR count). The lowest BCUT2D eigenvalue weighted by atomic mass is 10.1. The van der Waals surface area contributed by atoms with Gasteiger partial charge in [0.1, 0.15) is 5.75 Å². The molecule has 2 aromatic rings. The summed E-state index contributed by atoms with van der Waals surface area (Å²) < 4.78 is 6.38. The van der Waals surface area contributed by atoms with Crippen LogP contribution in [0.2, 0.25) is 0 Å². The van der Waals surface area contributed by atoms with Crippen molar-refractivity contribution < 1.29 is 14.3 Å². The Hall–Kier alpha value is -2.34. The maximum atomic E-state index is 12.6. The van der Waals surface area contributed by atoms with Gasteiger partial charge in [-0.2, -0.15) is 0 Å². The van der Waals surface area contributed by atoms with E-state index >= 15 is 0 Å². The molecule has 28 heavy (non-hydrogen) atoms. The second-order valence-corrected chi connectivity index (χ2v) is 7.91. The second-order valence-electron chi connectivity index (χ2n) is 7.05. The molecule has 0 radical (unpaired) electrons. The van der Waals surface area contributed by atoms with E-state index in [2.05, 4.69) is 21.2 Å². The monoisotopic (exact) mass is 444 g/mol. The Labute approximate surface area is 174 Å². The fourth-order valence-corrected chi connectivity index (χ4v) is 3.82. The molecule has 0 unspecified atom stereocenters. The summed E-state index contributed by atoms with van der Waals surface area (Å²) in [4.78, 5) is 26.7. The van der Waals surface area contributed by atoms with Gasteiger partial charge in [0.2, 0.25) is 0 Å². The fraction of sp³-hybridized carbons (Fsp3) is 0.364. The van der Waals surface area contributed by atoms with Gasteiger partial charge in [-0.25, -0.2) is 0 Å². The van der Waals surface area contributed by atoms with E-state index in [0.717, 1.165) is 36.0 Å². The van der Waals surface area contributed by atoms with Crippen molar-refractivity contribution >= 4 is 33.4 Å². The van der Waals surface area contributed by atoms with Crippen molar-refractivity contribution in [1.82, 2.24) is 4.90 Å². The molecule has 1 N–H and O–H groups in total. The van der Waals surface area contributed by atoms with E-state index in [4.69, 9.17) is 4.74 Å². The lowest BCUT2D eigenvalue weighted by Crippen LogP contribution is -2.31. The maximum absolute atomic E-state index is 12.6. The topological polar surface area (TPSA) is 58.6 Å². The van der Waals surface area contributed by atoms with Gasteiger partial charge in [-0.3, -0.25) is 9.59 Å². The number of anilines is 1. The number of benzene rings is 2. The minimum atomic E-state index is -0.251. The molecule has 2 amide bonds. The van der Waals surface area contributed by atoms with Crippen LogP contribution >= 0.6 is 15.9 Å². The summed E-state index contributed by atoms with van der Waals surface area (Å²) in [6.45, 7) is 3.55. The lowest BCUT2D eigenvalue weighted by Gasteiger charge is -2.20. The molecule has 1 heterocycles. The molecule has 1 aliphatic rings. The number of halogens is 1. The third-order valence-electron chi connectivity index (χ3n) is 4.76. The van der Waals surface area contributed by atoms with Gasteiger partial charge in [0.15, 0.2) is 6.61 Å². The van der Waals surface area contributed by atoms with E-state index in [0.29, 0.717) is 17.0 Å². The molecular weight excluding hydrogens is 420 g/mol. The highest BCUT2D eigenvalue weighted by atomic mass is 79.9. The summed E-state index contributed by atoms with van der Waals surface area (Å²) in [6, 6.07) is 12.7. The number of carbonyl (C=O) groups excluding carboxylic acids is 2. The van der Waals surface area contributed by atoms with Crippen LogP contribution in [0.25, 0.3) is 0 Å². The Morgan fingerprint density at radius 1 is 1.04 bits per heavy atom. The SMILES string of the molecule is Cc1ccc(OCC(=O)Nc2ccc(C(=O)N3CCCCCC3)cc2)c(Br)c1. The van der Waals surface area contributed by atoms with Gasteiger partial charge in [-0.05, 0) is 77.7 Å². The highest BCUT2D eigenvalue weighted by molar-refractivity contribution is 9.10. The number of rotatable bonds is 5. The van der Waals surface area contributed by atoms with Crippen molar-refractivity contribution in [3.8, 4) is 5.75 Å². The third kappa shape index (κ3) is 5.58. The first-order valence-electron chi connectivity index (χ1n) is 9.61. The van der Waals surface area contributed by atoms with E-state index in [9.17, 15) is 9.59 Å². The van der Waals surface area contributed by atoms with E-state index in [1.807, 2.05) is 30.0 Å². The molecule has 0 bridgehead atoms. The smallest absolute Gasteiger partial charge is 0.262 e. The second kappa shape index (κ2) is 9.73. The normalized spacial score (nSPS) is 14.3. The molecule has 2 aromatic carbocycles. The Balaban J connectivity index is 1.53. The van der Waals surface area contributed by atoms with E-state index in [1.165, 1.54) is 12.8 Å².